The molecule has 0 unspecified atom stereocenters. The Bertz CT molecular complexity index is 1080. The molecule has 0 saturated carbocycles. The summed E-state index contributed by atoms with van der Waals surface area (Å²) < 4.78 is 10.2. The fourth-order valence-electron chi connectivity index (χ4n) is 2.78. The van der Waals surface area contributed by atoms with Gasteiger partial charge in [-0.05, 0) is 42.8 Å². The van der Waals surface area contributed by atoms with Gasteiger partial charge in [0, 0.05) is 37.5 Å². The normalized spacial score (nSPS) is 15.9. The fraction of sp³-hybridized carbons (Fsp3) is 0.200. The van der Waals surface area contributed by atoms with Crippen LogP contribution in [0, 0.1) is 6.92 Å². The predicted molar refractivity (Wildman–Crippen MR) is 106 cm³/mol. The van der Waals surface area contributed by atoms with E-state index in [0.29, 0.717) is 0 Å². The van der Waals surface area contributed by atoms with Gasteiger partial charge in [0.1, 0.15) is 15.4 Å². The molecule has 1 aliphatic rings. The van der Waals surface area contributed by atoms with Crippen LogP contribution in [0.1, 0.15) is 19.4 Å². The molecule has 1 N–H and O–H groups in total. The number of ether oxygens (including phenoxy) is 2. The first-order valence-electron chi connectivity index (χ1n) is 8.58. The Balaban J connectivity index is 1.57. The third-order valence-corrected chi connectivity index (χ3v) is 5.16. The molecule has 3 aromatic rings. The van der Waals surface area contributed by atoms with Gasteiger partial charge in [-0.1, -0.05) is 11.3 Å². The molecule has 2 aromatic heterocycles. The zero-order valence-corrected chi connectivity index (χ0v) is 16.3. The molecule has 3 heterocycles. The van der Waals surface area contributed by atoms with Crippen LogP contribution >= 0.6 is 11.3 Å². The fourth-order valence-corrected chi connectivity index (χ4v) is 3.68. The number of benzene rings is 1. The summed E-state index contributed by atoms with van der Waals surface area (Å²) in [5.41, 5.74) is 3.33. The first kappa shape index (κ1) is 18.1. The van der Waals surface area contributed by atoms with Crippen molar-refractivity contribution in [3.63, 3.8) is 0 Å². The lowest BCUT2D eigenvalue weighted by molar-refractivity contribution is -0.222. The van der Waals surface area contributed by atoms with E-state index in [4.69, 9.17) is 9.47 Å². The molecule has 0 radical (unpaired) electrons. The average molecular weight is 395 g/mol. The molecule has 7 nitrogen and oxygen atoms in total. The summed E-state index contributed by atoms with van der Waals surface area (Å²) in [6.07, 6.45) is 3.06. The highest BCUT2D eigenvalue weighted by molar-refractivity contribution is 7.21. The summed E-state index contributed by atoms with van der Waals surface area (Å²) >= 11 is 1.52. The highest BCUT2D eigenvalue weighted by atomic mass is 32.1. The number of rotatable bonds is 3. The van der Waals surface area contributed by atoms with Crippen molar-refractivity contribution in [2.75, 3.05) is 5.32 Å². The van der Waals surface area contributed by atoms with Gasteiger partial charge >= 0.3 is 11.9 Å². The lowest BCUT2D eigenvalue weighted by Crippen LogP contribution is -2.42. The summed E-state index contributed by atoms with van der Waals surface area (Å²) in [4.78, 5) is 33.8. The second kappa shape index (κ2) is 6.72. The van der Waals surface area contributed by atoms with Crippen LogP contribution in [0.2, 0.25) is 0 Å². The number of hydrogen-bond donors (Lipinski definition) is 1. The quantitative estimate of drug-likeness (QED) is 0.410. The van der Waals surface area contributed by atoms with Crippen molar-refractivity contribution in [1.82, 2.24) is 9.97 Å². The number of nitrogens with one attached hydrogen (secondary N) is 1. The number of esters is 2. The molecule has 142 valence electrons. The maximum Gasteiger partial charge on any atom is 0.350 e. The third-order valence-electron chi connectivity index (χ3n) is 4.13. The number of aromatic nitrogens is 2. The van der Waals surface area contributed by atoms with Gasteiger partial charge < -0.3 is 14.8 Å². The predicted octanol–water partition coefficient (Wildman–Crippen LogP) is 3.80. The molecule has 0 amide bonds. The van der Waals surface area contributed by atoms with Crippen molar-refractivity contribution < 1.29 is 19.1 Å². The Morgan fingerprint density at radius 1 is 1.14 bits per heavy atom. The summed E-state index contributed by atoms with van der Waals surface area (Å²) in [5.74, 6) is -2.69. The highest BCUT2D eigenvalue weighted by Crippen LogP contribution is 2.31. The van der Waals surface area contributed by atoms with E-state index in [0.717, 1.165) is 32.2 Å². The van der Waals surface area contributed by atoms with Gasteiger partial charge in [-0.2, -0.15) is 0 Å². The Morgan fingerprint density at radius 3 is 2.57 bits per heavy atom. The van der Waals surface area contributed by atoms with Crippen LogP contribution in [0.3, 0.4) is 0 Å². The number of nitrogens with zero attached hydrogens (tertiary/aromatic N) is 2. The number of carbonyl (C=O) groups is 2. The van der Waals surface area contributed by atoms with E-state index >= 15 is 0 Å². The summed E-state index contributed by atoms with van der Waals surface area (Å²) in [6, 6.07) is 9.57. The molecule has 1 saturated heterocycles. The smallest absolute Gasteiger partial charge is 0.350 e. The zero-order valence-electron chi connectivity index (χ0n) is 15.5. The molecule has 1 aromatic carbocycles. The molecule has 1 fully saturated rings. The van der Waals surface area contributed by atoms with Gasteiger partial charge in [0.15, 0.2) is 5.57 Å². The van der Waals surface area contributed by atoms with Crippen molar-refractivity contribution in [3.8, 4) is 10.6 Å². The molecular formula is C20H17N3O4S. The minimum absolute atomic E-state index is 0.181. The molecule has 4 rings (SSSR count). The summed E-state index contributed by atoms with van der Waals surface area (Å²) in [6.45, 7) is 4.94. The lowest BCUT2D eigenvalue weighted by atomic mass is 10.1. The summed E-state index contributed by atoms with van der Waals surface area (Å²) in [7, 11) is 0. The number of cyclic esters (lactones) is 2. The second-order valence-electron chi connectivity index (χ2n) is 6.76. The largest absolute Gasteiger partial charge is 0.419 e. The minimum atomic E-state index is -1.25. The van der Waals surface area contributed by atoms with Crippen LogP contribution in [-0.4, -0.2) is 27.7 Å². The molecule has 0 spiro atoms. The topological polar surface area (TPSA) is 90.4 Å². The first-order chi connectivity index (χ1) is 13.3. The van der Waals surface area contributed by atoms with Gasteiger partial charge in [-0.25, -0.2) is 19.6 Å². The molecule has 28 heavy (non-hydrogen) atoms. The number of thiazole rings is 1. The van der Waals surface area contributed by atoms with Crippen LogP contribution in [0.25, 0.3) is 20.9 Å². The van der Waals surface area contributed by atoms with Gasteiger partial charge in [0.2, 0.25) is 0 Å². The van der Waals surface area contributed by atoms with E-state index in [9.17, 15) is 9.59 Å². The highest BCUT2D eigenvalue weighted by Gasteiger charge is 2.38. The Kier molecular flexibility index (Phi) is 4.35. The monoisotopic (exact) mass is 395 g/mol. The van der Waals surface area contributed by atoms with Gasteiger partial charge in [0.25, 0.3) is 5.79 Å². The number of pyridine rings is 1. The molecule has 0 aliphatic carbocycles. The molecule has 0 bridgehead atoms. The van der Waals surface area contributed by atoms with Crippen LogP contribution in [0.5, 0.6) is 0 Å². The summed E-state index contributed by atoms with van der Waals surface area (Å²) in [5, 5.41) is 3.86. The maximum atomic E-state index is 12.0. The number of fused-ring (bicyclic) bond motifs is 1. The average Bonchev–Trinajstić information content (AvgIpc) is 3.05. The van der Waals surface area contributed by atoms with E-state index in [1.807, 2.05) is 37.3 Å². The third kappa shape index (κ3) is 3.46. The zero-order chi connectivity index (χ0) is 19.9. The lowest BCUT2D eigenvalue weighted by Gasteiger charge is -2.29. The Hall–Kier alpha value is -3.26. The number of anilines is 1. The van der Waals surface area contributed by atoms with Crippen molar-refractivity contribution in [3.05, 3.63) is 53.9 Å². The van der Waals surface area contributed by atoms with Crippen molar-refractivity contribution >= 4 is 39.3 Å². The van der Waals surface area contributed by atoms with Crippen LogP contribution in [0.15, 0.2) is 48.3 Å². The Labute approximate surface area is 165 Å². The Morgan fingerprint density at radius 2 is 1.89 bits per heavy atom. The van der Waals surface area contributed by atoms with E-state index in [1.165, 1.54) is 31.4 Å². The standard InChI is InChI=1S/C20H17N3O4S/c1-11-9-12(16-23-15-5-4-8-21-17(15)28-16)6-7-14(11)22-10-13-18(24)26-20(2,3)27-19(13)25/h4-10,22H,1-3H3. The van der Waals surface area contributed by atoms with Crippen molar-refractivity contribution in [1.29, 1.82) is 0 Å². The van der Waals surface area contributed by atoms with E-state index < -0.39 is 17.7 Å². The second-order valence-corrected chi connectivity index (χ2v) is 7.74. The first-order valence-corrected chi connectivity index (χ1v) is 9.40. The van der Waals surface area contributed by atoms with Crippen molar-refractivity contribution in [2.24, 2.45) is 0 Å². The molecule has 8 heteroatoms. The van der Waals surface area contributed by atoms with Gasteiger partial charge in [-0.15, -0.1) is 0 Å². The number of carbonyl (C=O) groups excluding carboxylic acids is 2. The van der Waals surface area contributed by atoms with E-state index in [2.05, 4.69) is 15.3 Å². The van der Waals surface area contributed by atoms with Crippen molar-refractivity contribution in [2.45, 2.75) is 26.6 Å². The van der Waals surface area contributed by atoms with Gasteiger partial charge in [-0.3, -0.25) is 0 Å². The number of hydrogen-bond acceptors (Lipinski definition) is 8. The molecule has 1 aliphatic heterocycles. The van der Waals surface area contributed by atoms with Gasteiger partial charge in [0.05, 0.1) is 0 Å². The maximum absolute atomic E-state index is 12.0. The number of aryl methyl sites for hydroxylation is 1. The molecular weight excluding hydrogens is 378 g/mol. The van der Waals surface area contributed by atoms with E-state index in [-0.39, 0.29) is 5.57 Å². The SMILES string of the molecule is Cc1cc(-c2nc3cccnc3s2)ccc1NC=C1C(=O)OC(C)(C)OC1=O. The molecule has 0 atom stereocenters. The van der Waals surface area contributed by atoms with E-state index in [1.54, 1.807) is 6.20 Å². The van der Waals surface area contributed by atoms with Crippen LogP contribution in [0.4, 0.5) is 5.69 Å². The van der Waals surface area contributed by atoms with Crippen LogP contribution in [-0.2, 0) is 19.1 Å². The van der Waals surface area contributed by atoms with Crippen LogP contribution < -0.4 is 5.32 Å². The minimum Gasteiger partial charge on any atom is -0.419 e.